The molecule has 4 rings (SSSR count). The Hall–Kier alpha value is -4.73. The van der Waals surface area contributed by atoms with E-state index >= 15 is 0 Å². The number of nitrogens with zero attached hydrogens (tertiary/aromatic N) is 4. The van der Waals surface area contributed by atoms with Gasteiger partial charge in [-0.1, -0.05) is 36.4 Å². The summed E-state index contributed by atoms with van der Waals surface area (Å²) in [6.45, 7) is 2.40. The maximum absolute atomic E-state index is 13.4. The van der Waals surface area contributed by atoms with Crippen LogP contribution in [0.2, 0.25) is 0 Å². The minimum absolute atomic E-state index is 0.170. The van der Waals surface area contributed by atoms with E-state index in [0.717, 1.165) is 23.2 Å². The second kappa shape index (κ2) is 11.1. The van der Waals surface area contributed by atoms with E-state index in [-0.39, 0.29) is 24.8 Å². The van der Waals surface area contributed by atoms with Crippen LogP contribution in [0.3, 0.4) is 0 Å². The number of anilines is 3. The van der Waals surface area contributed by atoms with Gasteiger partial charge in [0.1, 0.15) is 18.2 Å². The van der Waals surface area contributed by atoms with Crippen LogP contribution in [0.15, 0.2) is 71.8 Å². The van der Waals surface area contributed by atoms with Crippen LogP contribution in [0.5, 0.6) is 0 Å². The van der Waals surface area contributed by atoms with Crippen molar-refractivity contribution >= 4 is 23.4 Å². The van der Waals surface area contributed by atoms with Gasteiger partial charge in [0.05, 0.1) is 11.9 Å². The normalized spacial score (nSPS) is 10.7. The Kier molecular flexibility index (Phi) is 7.54. The van der Waals surface area contributed by atoms with Crippen LogP contribution in [-0.2, 0) is 24.3 Å². The van der Waals surface area contributed by atoms with Gasteiger partial charge in [-0.3, -0.25) is 14.2 Å². The van der Waals surface area contributed by atoms with Gasteiger partial charge in [0.2, 0.25) is 5.91 Å². The molecule has 0 saturated heterocycles. The zero-order valence-electron chi connectivity index (χ0n) is 19.9. The highest BCUT2D eigenvalue weighted by molar-refractivity contribution is 5.77. The lowest BCUT2D eigenvalue weighted by Gasteiger charge is -2.15. The first-order valence-corrected chi connectivity index (χ1v) is 11.5. The van der Waals surface area contributed by atoms with Gasteiger partial charge in [-0.15, -0.1) is 0 Å². The molecule has 0 radical (unpaired) electrons. The molecule has 6 N–H and O–H groups in total. The third-order valence-corrected chi connectivity index (χ3v) is 5.67. The van der Waals surface area contributed by atoms with Crippen molar-refractivity contribution in [2.45, 2.75) is 26.4 Å². The Morgan fingerprint density at radius 1 is 1.03 bits per heavy atom. The molecule has 0 spiro atoms. The zero-order chi connectivity index (χ0) is 25.5. The number of nitrogen functional groups attached to an aromatic ring is 2. The number of hydrogen-bond acceptors (Lipinski definition) is 8. The van der Waals surface area contributed by atoms with Gasteiger partial charge in [-0.2, -0.15) is 0 Å². The molecule has 10 nitrogen and oxygen atoms in total. The van der Waals surface area contributed by atoms with E-state index in [4.69, 9.17) is 11.5 Å². The number of carbonyl (C=O) groups is 1. The fraction of sp³-hybridized carbons (Fsp3) is 0.192. The summed E-state index contributed by atoms with van der Waals surface area (Å²) in [6.07, 6.45) is 3.82. The lowest BCUT2D eigenvalue weighted by atomic mass is 10.1. The summed E-state index contributed by atoms with van der Waals surface area (Å²) in [7, 11) is 0. The molecule has 0 unspecified atom stereocenters. The molecule has 0 aliphatic carbocycles. The average molecular weight is 485 g/mol. The van der Waals surface area contributed by atoms with E-state index in [1.165, 1.54) is 4.57 Å². The summed E-state index contributed by atoms with van der Waals surface area (Å²) in [4.78, 5) is 38.8. The summed E-state index contributed by atoms with van der Waals surface area (Å²) < 4.78 is 1.38. The SMILES string of the molecule is Cc1nc(N)ccc1CNC(=O)Cn1c(-c2ccnc(N)c2)cnc(NCCc2ccccc2)c1=O. The number of benzene rings is 1. The topological polar surface area (TPSA) is 154 Å². The molecule has 1 amide bonds. The second-order valence-corrected chi connectivity index (χ2v) is 8.27. The fourth-order valence-corrected chi connectivity index (χ4v) is 3.76. The van der Waals surface area contributed by atoms with Crippen molar-refractivity contribution in [3.05, 3.63) is 94.2 Å². The number of amides is 1. The molecule has 0 aliphatic heterocycles. The smallest absolute Gasteiger partial charge is 0.294 e. The average Bonchev–Trinajstić information content (AvgIpc) is 2.86. The Bertz CT molecular complexity index is 1420. The highest BCUT2D eigenvalue weighted by atomic mass is 16.2. The van der Waals surface area contributed by atoms with Crippen molar-refractivity contribution in [1.29, 1.82) is 0 Å². The van der Waals surface area contributed by atoms with Gasteiger partial charge in [0.15, 0.2) is 5.82 Å². The maximum atomic E-state index is 13.4. The van der Waals surface area contributed by atoms with E-state index < -0.39 is 5.56 Å². The molecule has 0 bridgehead atoms. The number of carbonyl (C=O) groups excluding carboxylic acids is 1. The van der Waals surface area contributed by atoms with Gasteiger partial charge >= 0.3 is 0 Å². The van der Waals surface area contributed by atoms with Gasteiger partial charge in [0, 0.05) is 30.5 Å². The van der Waals surface area contributed by atoms with E-state index in [0.29, 0.717) is 29.4 Å². The molecule has 1 aromatic carbocycles. The highest BCUT2D eigenvalue weighted by Crippen LogP contribution is 2.19. The van der Waals surface area contributed by atoms with Crippen LogP contribution < -0.4 is 27.7 Å². The number of nitrogens with one attached hydrogen (secondary N) is 2. The number of aromatic nitrogens is 4. The Morgan fingerprint density at radius 2 is 1.83 bits per heavy atom. The van der Waals surface area contributed by atoms with Crippen molar-refractivity contribution in [3.63, 3.8) is 0 Å². The molecule has 3 aromatic heterocycles. The largest absolute Gasteiger partial charge is 0.384 e. The lowest BCUT2D eigenvalue weighted by Crippen LogP contribution is -2.34. The summed E-state index contributed by atoms with van der Waals surface area (Å²) in [5, 5.41) is 5.95. The van der Waals surface area contributed by atoms with Gasteiger partial charge in [0.25, 0.3) is 5.56 Å². The third-order valence-electron chi connectivity index (χ3n) is 5.67. The predicted molar refractivity (Wildman–Crippen MR) is 140 cm³/mol. The predicted octanol–water partition coefficient (Wildman–Crippen LogP) is 2.14. The minimum atomic E-state index is -0.406. The Morgan fingerprint density at radius 3 is 2.58 bits per heavy atom. The first-order chi connectivity index (χ1) is 17.4. The van der Waals surface area contributed by atoms with E-state index in [9.17, 15) is 9.59 Å². The minimum Gasteiger partial charge on any atom is -0.384 e. The second-order valence-electron chi connectivity index (χ2n) is 8.27. The number of hydrogen-bond donors (Lipinski definition) is 4. The monoisotopic (exact) mass is 484 g/mol. The van der Waals surface area contributed by atoms with Crippen LogP contribution in [-0.4, -0.2) is 32.0 Å². The van der Waals surface area contributed by atoms with Crippen molar-refractivity contribution < 1.29 is 4.79 Å². The first kappa shape index (κ1) is 24.4. The summed E-state index contributed by atoms with van der Waals surface area (Å²) in [5.74, 6) is 0.549. The van der Waals surface area contributed by atoms with E-state index in [1.807, 2.05) is 43.3 Å². The number of pyridine rings is 2. The Labute approximate surface area is 208 Å². The number of nitrogens with two attached hydrogens (primary N) is 2. The fourth-order valence-electron chi connectivity index (χ4n) is 3.76. The molecule has 3 heterocycles. The van der Waals surface area contributed by atoms with Crippen molar-refractivity contribution in [2.75, 3.05) is 23.3 Å². The Balaban J connectivity index is 1.55. The van der Waals surface area contributed by atoms with Crippen LogP contribution in [0.1, 0.15) is 16.8 Å². The molecule has 4 aromatic rings. The molecular weight excluding hydrogens is 456 g/mol. The summed E-state index contributed by atoms with van der Waals surface area (Å²) in [5.41, 5.74) is 15.0. The quantitative estimate of drug-likeness (QED) is 0.282. The van der Waals surface area contributed by atoms with E-state index in [2.05, 4.69) is 25.6 Å². The molecule has 0 saturated carbocycles. The first-order valence-electron chi connectivity index (χ1n) is 11.5. The van der Waals surface area contributed by atoms with Crippen LogP contribution in [0.25, 0.3) is 11.3 Å². The number of rotatable bonds is 9. The van der Waals surface area contributed by atoms with Crippen LogP contribution in [0, 0.1) is 6.92 Å². The van der Waals surface area contributed by atoms with Crippen molar-refractivity contribution in [3.8, 4) is 11.3 Å². The molecule has 10 heteroatoms. The van der Waals surface area contributed by atoms with Gasteiger partial charge in [-0.05, 0) is 42.7 Å². The van der Waals surface area contributed by atoms with Gasteiger partial charge in [-0.25, -0.2) is 15.0 Å². The molecule has 184 valence electrons. The third kappa shape index (κ3) is 6.03. The van der Waals surface area contributed by atoms with Crippen molar-refractivity contribution in [1.82, 2.24) is 24.8 Å². The molecular formula is C26H28N8O2. The summed E-state index contributed by atoms with van der Waals surface area (Å²) >= 11 is 0. The standard InChI is InChI=1S/C26H28N8O2/c1-17-20(7-8-22(27)33-17)14-31-24(35)16-34-21(19-10-12-29-23(28)13-19)15-32-25(26(34)36)30-11-9-18-5-3-2-4-6-18/h2-8,10,12-13,15H,9,11,14,16H2,1H3,(H2,27,33)(H2,28,29)(H,30,32)(H,31,35). The molecule has 0 fully saturated rings. The van der Waals surface area contributed by atoms with E-state index in [1.54, 1.807) is 30.6 Å². The highest BCUT2D eigenvalue weighted by Gasteiger charge is 2.16. The molecule has 0 aliphatic rings. The van der Waals surface area contributed by atoms with Gasteiger partial charge < -0.3 is 22.1 Å². The van der Waals surface area contributed by atoms with Crippen LogP contribution in [0.4, 0.5) is 17.5 Å². The molecule has 0 atom stereocenters. The lowest BCUT2D eigenvalue weighted by molar-refractivity contribution is -0.121. The molecule has 36 heavy (non-hydrogen) atoms. The zero-order valence-corrected chi connectivity index (χ0v) is 19.9. The summed E-state index contributed by atoms with van der Waals surface area (Å²) in [6, 6.07) is 16.8. The van der Waals surface area contributed by atoms with Crippen molar-refractivity contribution in [2.24, 2.45) is 0 Å². The maximum Gasteiger partial charge on any atom is 0.294 e. The number of aryl methyl sites for hydroxylation is 1. The van der Waals surface area contributed by atoms with Crippen LogP contribution >= 0.6 is 0 Å².